The Bertz CT molecular complexity index is 589. The molecule has 3 heteroatoms. The molecule has 1 nitrogen and oxygen atoms in total. The Morgan fingerprint density at radius 1 is 1.20 bits per heavy atom. The lowest BCUT2D eigenvalue weighted by Crippen LogP contribution is -2.24. The third kappa shape index (κ3) is 3.43. The van der Waals surface area contributed by atoms with Crippen molar-refractivity contribution >= 4 is 33.9 Å². The topological polar surface area (TPSA) is 12.0 Å². The zero-order valence-electron chi connectivity index (χ0n) is 12.6. The second-order valence-corrected chi connectivity index (χ2v) is 7.77. The number of hydrogen-bond acceptors (Lipinski definition) is 2. The first-order chi connectivity index (χ1) is 9.54. The van der Waals surface area contributed by atoms with E-state index in [0.717, 1.165) is 13.0 Å². The minimum absolute atomic E-state index is 0.312. The van der Waals surface area contributed by atoms with Gasteiger partial charge in [0.1, 0.15) is 0 Å². The van der Waals surface area contributed by atoms with E-state index in [-0.39, 0.29) is 0 Å². The first-order valence-corrected chi connectivity index (χ1v) is 8.99. The van der Waals surface area contributed by atoms with Gasteiger partial charge in [-0.15, -0.1) is 11.3 Å². The summed E-state index contributed by atoms with van der Waals surface area (Å²) in [6.45, 7) is 9.88. The summed E-state index contributed by atoms with van der Waals surface area (Å²) in [5, 5.41) is 3.73. The minimum Gasteiger partial charge on any atom is -0.306 e. The highest BCUT2D eigenvalue weighted by molar-refractivity contribution is 14.1. The molecular formula is C17H22INS. The number of rotatable bonds is 5. The Hall–Kier alpha value is -0.390. The van der Waals surface area contributed by atoms with E-state index in [1.165, 1.54) is 30.0 Å². The fourth-order valence-electron chi connectivity index (χ4n) is 2.51. The maximum atomic E-state index is 3.73. The SMILES string of the molecule is CCCNC(c1cc(C)sc1C)c1cccc(C)c1I. The van der Waals surface area contributed by atoms with Crippen molar-refractivity contribution in [3.05, 3.63) is 54.3 Å². The van der Waals surface area contributed by atoms with Crippen LogP contribution in [0.3, 0.4) is 0 Å². The van der Waals surface area contributed by atoms with E-state index in [1.807, 2.05) is 11.3 Å². The van der Waals surface area contributed by atoms with E-state index in [9.17, 15) is 0 Å². The molecule has 0 radical (unpaired) electrons. The van der Waals surface area contributed by atoms with E-state index in [0.29, 0.717) is 6.04 Å². The van der Waals surface area contributed by atoms with E-state index in [4.69, 9.17) is 0 Å². The molecule has 0 saturated heterocycles. The molecule has 1 aromatic carbocycles. The third-order valence-corrected chi connectivity index (χ3v) is 5.98. The summed E-state index contributed by atoms with van der Waals surface area (Å²) in [6, 6.07) is 9.27. The van der Waals surface area contributed by atoms with Crippen LogP contribution < -0.4 is 5.32 Å². The van der Waals surface area contributed by atoms with Crippen molar-refractivity contribution in [2.75, 3.05) is 6.54 Å². The van der Waals surface area contributed by atoms with Gasteiger partial charge in [0.15, 0.2) is 0 Å². The lowest BCUT2D eigenvalue weighted by atomic mass is 9.97. The summed E-state index contributed by atoms with van der Waals surface area (Å²) < 4.78 is 1.38. The molecule has 2 aromatic rings. The van der Waals surface area contributed by atoms with Crippen LogP contribution in [0.2, 0.25) is 0 Å². The summed E-state index contributed by atoms with van der Waals surface area (Å²) in [5.74, 6) is 0. The van der Waals surface area contributed by atoms with Gasteiger partial charge in [-0.25, -0.2) is 0 Å². The molecule has 0 aliphatic rings. The van der Waals surface area contributed by atoms with Crippen LogP contribution in [0.25, 0.3) is 0 Å². The average molecular weight is 399 g/mol. The Kier molecular flexibility index (Phi) is 5.64. The van der Waals surface area contributed by atoms with Crippen molar-refractivity contribution in [3.63, 3.8) is 0 Å². The lowest BCUT2D eigenvalue weighted by molar-refractivity contribution is 0.595. The van der Waals surface area contributed by atoms with Gasteiger partial charge in [-0.2, -0.15) is 0 Å². The summed E-state index contributed by atoms with van der Waals surface area (Å²) in [6.07, 6.45) is 1.15. The number of hydrogen-bond donors (Lipinski definition) is 1. The van der Waals surface area contributed by atoms with Crippen molar-refractivity contribution < 1.29 is 0 Å². The molecule has 1 unspecified atom stereocenters. The average Bonchev–Trinajstić information content (AvgIpc) is 2.74. The van der Waals surface area contributed by atoms with E-state index in [2.05, 4.69) is 79.9 Å². The predicted octanol–water partition coefficient (Wildman–Crippen LogP) is 5.37. The molecule has 1 aromatic heterocycles. The van der Waals surface area contributed by atoms with Gasteiger partial charge in [-0.05, 0) is 79.1 Å². The first-order valence-electron chi connectivity index (χ1n) is 7.10. The van der Waals surface area contributed by atoms with E-state index >= 15 is 0 Å². The molecule has 0 amide bonds. The van der Waals surface area contributed by atoms with Crippen LogP contribution in [0.4, 0.5) is 0 Å². The zero-order chi connectivity index (χ0) is 14.7. The molecule has 20 heavy (non-hydrogen) atoms. The van der Waals surface area contributed by atoms with Gasteiger partial charge in [0.25, 0.3) is 0 Å². The second-order valence-electron chi connectivity index (χ2n) is 5.23. The summed E-state index contributed by atoms with van der Waals surface area (Å²) in [5.41, 5.74) is 4.19. The van der Waals surface area contributed by atoms with Gasteiger partial charge >= 0.3 is 0 Å². The highest BCUT2D eigenvalue weighted by Crippen LogP contribution is 2.33. The molecule has 0 aliphatic heterocycles. The molecule has 0 bridgehead atoms. The van der Waals surface area contributed by atoms with E-state index in [1.54, 1.807) is 0 Å². The Balaban J connectivity index is 2.47. The van der Waals surface area contributed by atoms with Gasteiger partial charge in [-0.1, -0.05) is 25.1 Å². The molecule has 0 spiro atoms. The summed E-state index contributed by atoms with van der Waals surface area (Å²) in [4.78, 5) is 2.82. The van der Waals surface area contributed by atoms with Crippen molar-refractivity contribution in [1.29, 1.82) is 0 Å². The molecule has 0 aliphatic carbocycles. The van der Waals surface area contributed by atoms with Gasteiger partial charge in [0.05, 0.1) is 6.04 Å². The maximum absolute atomic E-state index is 3.73. The molecule has 108 valence electrons. The molecular weight excluding hydrogens is 377 g/mol. The van der Waals surface area contributed by atoms with Gasteiger partial charge < -0.3 is 5.32 Å². The Morgan fingerprint density at radius 2 is 1.95 bits per heavy atom. The maximum Gasteiger partial charge on any atom is 0.0598 e. The third-order valence-electron chi connectivity index (χ3n) is 3.52. The van der Waals surface area contributed by atoms with Crippen LogP contribution in [0.15, 0.2) is 24.3 Å². The smallest absolute Gasteiger partial charge is 0.0598 e. The first kappa shape index (κ1) is 16.0. The molecule has 1 N–H and O–H groups in total. The fraction of sp³-hybridized carbons (Fsp3) is 0.412. The van der Waals surface area contributed by atoms with Crippen LogP contribution in [-0.2, 0) is 0 Å². The predicted molar refractivity (Wildman–Crippen MR) is 97.8 cm³/mol. The normalized spacial score (nSPS) is 12.7. The lowest BCUT2D eigenvalue weighted by Gasteiger charge is -2.21. The summed E-state index contributed by atoms with van der Waals surface area (Å²) >= 11 is 4.37. The van der Waals surface area contributed by atoms with Gasteiger partial charge in [0.2, 0.25) is 0 Å². The second kappa shape index (κ2) is 7.05. The minimum atomic E-state index is 0.312. The largest absolute Gasteiger partial charge is 0.306 e. The van der Waals surface area contributed by atoms with Crippen molar-refractivity contribution in [3.8, 4) is 0 Å². The zero-order valence-corrected chi connectivity index (χ0v) is 15.6. The van der Waals surface area contributed by atoms with Gasteiger partial charge in [0, 0.05) is 13.3 Å². The molecule has 2 rings (SSSR count). The Morgan fingerprint density at radius 3 is 2.55 bits per heavy atom. The number of benzene rings is 1. The quantitative estimate of drug-likeness (QED) is 0.667. The highest BCUT2D eigenvalue weighted by atomic mass is 127. The fourth-order valence-corrected chi connectivity index (χ4v) is 4.14. The summed E-state index contributed by atoms with van der Waals surface area (Å²) in [7, 11) is 0. The molecule has 0 fully saturated rings. The van der Waals surface area contributed by atoms with Crippen molar-refractivity contribution in [1.82, 2.24) is 5.32 Å². The van der Waals surface area contributed by atoms with Crippen LogP contribution in [0.1, 0.15) is 45.8 Å². The van der Waals surface area contributed by atoms with Crippen LogP contribution in [0, 0.1) is 24.3 Å². The highest BCUT2D eigenvalue weighted by Gasteiger charge is 2.20. The van der Waals surface area contributed by atoms with Crippen molar-refractivity contribution in [2.45, 2.75) is 40.2 Å². The number of halogens is 1. The molecule has 0 saturated carbocycles. The monoisotopic (exact) mass is 399 g/mol. The number of thiophene rings is 1. The Labute approximate surface area is 139 Å². The molecule has 1 atom stereocenters. The standard InChI is InChI=1S/C17H22INS/c1-5-9-19-17(15-10-12(3)20-13(15)4)14-8-6-7-11(2)16(14)18/h6-8,10,17,19H,5,9H2,1-4H3. The molecule has 1 heterocycles. The number of nitrogens with one attached hydrogen (secondary N) is 1. The van der Waals surface area contributed by atoms with Crippen LogP contribution in [0.5, 0.6) is 0 Å². The van der Waals surface area contributed by atoms with E-state index < -0.39 is 0 Å². The van der Waals surface area contributed by atoms with Crippen LogP contribution >= 0.6 is 33.9 Å². The van der Waals surface area contributed by atoms with Crippen LogP contribution in [-0.4, -0.2) is 6.54 Å². The van der Waals surface area contributed by atoms with Crippen molar-refractivity contribution in [2.24, 2.45) is 0 Å². The number of aryl methyl sites for hydroxylation is 3. The van der Waals surface area contributed by atoms with Gasteiger partial charge in [-0.3, -0.25) is 0 Å².